The summed E-state index contributed by atoms with van der Waals surface area (Å²) in [6.45, 7) is 6.99. The third-order valence-corrected chi connectivity index (χ3v) is 4.49. The first-order valence-electron chi connectivity index (χ1n) is 7.96. The first-order chi connectivity index (χ1) is 9.55. The summed E-state index contributed by atoms with van der Waals surface area (Å²) in [6.07, 6.45) is 7.70. The van der Waals surface area contributed by atoms with E-state index in [-0.39, 0.29) is 11.5 Å². The molecule has 1 aliphatic rings. The van der Waals surface area contributed by atoms with Gasteiger partial charge in [0.1, 0.15) is 5.60 Å². The van der Waals surface area contributed by atoms with E-state index in [2.05, 4.69) is 13.8 Å². The highest BCUT2D eigenvalue weighted by atomic mass is 17.2. The van der Waals surface area contributed by atoms with Crippen LogP contribution in [0.4, 0.5) is 0 Å². The molecule has 1 fully saturated rings. The Morgan fingerprint density at radius 3 is 2.10 bits per heavy atom. The van der Waals surface area contributed by atoms with Crippen LogP contribution in [0.15, 0.2) is 0 Å². The maximum Gasteiger partial charge on any atom is 0.203 e. The molecule has 0 N–H and O–H groups in total. The van der Waals surface area contributed by atoms with Crippen LogP contribution in [0.5, 0.6) is 0 Å². The lowest BCUT2D eigenvalue weighted by Gasteiger charge is -2.47. The average Bonchev–Trinajstić information content (AvgIpc) is 2.47. The number of methoxy groups -OCH3 is 2. The van der Waals surface area contributed by atoms with Gasteiger partial charge in [-0.2, -0.15) is 0 Å². The molecule has 0 aromatic heterocycles. The highest BCUT2D eigenvalue weighted by Gasteiger charge is 2.49. The van der Waals surface area contributed by atoms with E-state index in [1.165, 1.54) is 12.8 Å². The van der Waals surface area contributed by atoms with Gasteiger partial charge in [-0.1, -0.05) is 39.5 Å². The van der Waals surface area contributed by atoms with Gasteiger partial charge in [0.2, 0.25) is 5.79 Å². The standard InChI is InChI=1S/C16H32O4/c1-6-8-10-16(11-9-7-2)12-14(13-17-4)15(3,18-5)19-20-16/h14H,6-13H2,1-5H3/t14-,15+/m1/s1. The lowest BCUT2D eigenvalue weighted by molar-refractivity contribution is -0.502. The fraction of sp³-hybridized carbons (Fsp3) is 1.00. The molecule has 0 aromatic rings. The Kier molecular flexibility index (Phi) is 7.45. The van der Waals surface area contributed by atoms with Crippen LogP contribution in [-0.4, -0.2) is 32.2 Å². The van der Waals surface area contributed by atoms with E-state index in [1.54, 1.807) is 14.2 Å². The zero-order valence-electron chi connectivity index (χ0n) is 13.9. The van der Waals surface area contributed by atoms with Crippen LogP contribution < -0.4 is 0 Å². The van der Waals surface area contributed by atoms with E-state index < -0.39 is 5.79 Å². The third-order valence-electron chi connectivity index (χ3n) is 4.49. The van der Waals surface area contributed by atoms with Crippen molar-refractivity contribution < 1.29 is 19.2 Å². The van der Waals surface area contributed by atoms with Crippen LogP contribution in [0.2, 0.25) is 0 Å². The Morgan fingerprint density at radius 2 is 1.65 bits per heavy atom. The summed E-state index contributed by atoms with van der Waals surface area (Å²) in [5.74, 6) is -0.516. The van der Waals surface area contributed by atoms with Gasteiger partial charge in [0.25, 0.3) is 0 Å². The molecule has 0 amide bonds. The molecule has 1 aliphatic heterocycles. The van der Waals surface area contributed by atoms with Crippen molar-refractivity contribution in [3.8, 4) is 0 Å². The molecule has 1 saturated heterocycles. The first-order valence-corrected chi connectivity index (χ1v) is 7.96. The predicted octanol–water partition coefficient (Wildman–Crippen LogP) is 4.08. The molecule has 20 heavy (non-hydrogen) atoms. The van der Waals surface area contributed by atoms with Crippen molar-refractivity contribution in [2.75, 3.05) is 20.8 Å². The van der Waals surface area contributed by atoms with Crippen molar-refractivity contribution in [2.24, 2.45) is 5.92 Å². The SMILES string of the molecule is CCCCC1(CCCC)C[C@H](COC)[C@@](C)(OC)OO1. The van der Waals surface area contributed by atoms with Crippen LogP contribution in [0.25, 0.3) is 0 Å². The van der Waals surface area contributed by atoms with E-state index in [4.69, 9.17) is 19.2 Å². The highest BCUT2D eigenvalue weighted by Crippen LogP contribution is 2.43. The van der Waals surface area contributed by atoms with Gasteiger partial charge in [-0.3, -0.25) is 0 Å². The molecule has 120 valence electrons. The molecule has 0 aromatic carbocycles. The lowest BCUT2D eigenvalue weighted by Crippen LogP contribution is -2.54. The van der Waals surface area contributed by atoms with Crippen molar-refractivity contribution in [1.82, 2.24) is 0 Å². The van der Waals surface area contributed by atoms with E-state index >= 15 is 0 Å². The van der Waals surface area contributed by atoms with Crippen LogP contribution >= 0.6 is 0 Å². The molecule has 4 nitrogen and oxygen atoms in total. The molecule has 0 spiro atoms. The minimum atomic E-state index is -0.710. The molecule has 0 unspecified atom stereocenters. The summed E-state index contributed by atoms with van der Waals surface area (Å²) in [7, 11) is 3.39. The van der Waals surface area contributed by atoms with E-state index in [0.29, 0.717) is 6.61 Å². The second-order valence-corrected chi connectivity index (χ2v) is 6.13. The average molecular weight is 288 g/mol. The smallest absolute Gasteiger partial charge is 0.203 e. The molecule has 0 radical (unpaired) electrons. The summed E-state index contributed by atoms with van der Waals surface area (Å²) >= 11 is 0. The molecule has 2 atom stereocenters. The van der Waals surface area contributed by atoms with Crippen molar-refractivity contribution in [2.45, 2.75) is 77.1 Å². The van der Waals surface area contributed by atoms with Gasteiger partial charge in [0, 0.05) is 20.1 Å². The summed E-state index contributed by atoms with van der Waals surface area (Å²) in [6, 6.07) is 0. The van der Waals surface area contributed by atoms with Crippen LogP contribution in [-0.2, 0) is 19.2 Å². The van der Waals surface area contributed by atoms with Gasteiger partial charge in [-0.05, 0) is 26.2 Å². The maximum absolute atomic E-state index is 5.87. The van der Waals surface area contributed by atoms with Crippen LogP contribution in [0.3, 0.4) is 0 Å². The summed E-state index contributed by atoms with van der Waals surface area (Å²) in [4.78, 5) is 11.6. The minimum Gasteiger partial charge on any atom is -0.384 e. The van der Waals surface area contributed by atoms with Crippen LogP contribution in [0.1, 0.15) is 65.7 Å². The summed E-state index contributed by atoms with van der Waals surface area (Å²) in [5, 5.41) is 0. The normalized spacial score (nSPS) is 29.6. The van der Waals surface area contributed by atoms with Crippen LogP contribution in [0, 0.1) is 5.92 Å². The fourth-order valence-corrected chi connectivity index (χ4v) is 2.93. The van der Waals surface area contributed by atoms with Gasteiger partial charge in [-0.25, -0.2) is 9.78 Å². The molecule has 0 saturated carbocycles. The second kappa shape index (κ2) is 8.32. The molecule has 4 heteroatoms. The van der Waals surface area contributed by atoms with Crippen molar-refractivity contribution >= 4 is 0 Å². The predicted molar refractivity (Wildman–Crippen MR) is 79.3 cm³/mol. The highest BCUT2D eigenvalue weighted by molar-refractivity contribution is 4.90. The van der Waals surface area contributed by atoms with Gasteiger partial charge < -0.3 is 9.47 Å². The van der Waals surface area contributed by atoms with Gasteiger partial charge in [0.05, 0.1) is 6.61 Å². The number of rotatable bonds is 9. The number of ether oxygens (including phenoxy) is 2. The fourth-order valence-electron chi connectivity index (χ4n) is 2.93. The molecule has 0 bridgehead atoms. The Morgan fingerprint density at radius 1 is 1.05 bits per heavy atom. The van der Waals surface area contributed by atoms with E-state index in [1.807, 2.05) is 6.92 Å². The monoisotopic (exact) mass is 288 g/mol. The molecule has 1 heterocycles. The van der Waals surface area contributed by atoms with Crippen molar-refractivity contribution in [3.63, 3.8) is 0 Å². The topological polar surface area (TPSA) is 36.9 Å². The second-order valence-electron chi connectivity index (χ2n) is 6.13. The Balaban J connectivity index is 2.80. The minimum absolute atomic E-state index is 0.173. The zero-order valence-corrected chi connectivity index (χ0v) is 13.9. The van der Waals surface area contributed by atoms with Crippen molar-refractivity contribution in [1.29, 1.82) is 0 Å². The molecular weight excluding hydrogens is 256 g/mol. The number of unbranched alkanes of at least 4 members (excludes halogenated alkanes) is 2. The number of hydrogen-bond acceptors (Lipinski definition) is 4. The summed E-state index contributed by atoms with van der Waals surface area (Å²) in [5.41, 5.74) is -0.173. The maximum atomic E-state index is 5.87. The van der Waals surface area contributed by atoms with Gasteiger partial charge in [-0.15, -0.1) is 0 Å². The van der Waals surface area contributed by atoms with E-state index in [9.17, 15) is 0 Å². The Hall–Kier alpha value is -0.160. The zero-order chi connectivity index (χ0) is 15.1. The molecule has 0 aliphatic carbocycles. The summed E-state index contributed by atoms with van der Waals surface area (Å²) < 4.78 is 10.9. The van der Waals surface area contributed by atoms with Gasteiger partial charge >= 0.3 is 0 Å². The van der Waals surface area contributed by atoms with Gasteiger partial charge in [0.15, 0.2) is 0 Å². The quantitative estimate of drug-likeness (QED) is 0.599. The van der Waals surface area contributed by atoms with E-state index in [0.717, 1.165) is 32.1 Å². The molecular formula is C16H32O4. The van der Waals surface area contributed by atoms with Crippen molar-refractivity contribution in [3.05, 3.63) is 0 Å². The number of hydrogen-bond donors (Lipinski definition) is 0. The lowest BCUT2D eigenvalue weighted by atomic mass is 9.79. The third kappa shape index (κ3) is 4.42. The molecule has 1 rings (SSSR count). The Bertz CT molecular complexity index is 261. The Labute approximate surface area is 124 Å². The largest absolute Gasteiger partial charge is 0.384 e. The first kappa shape index (κ1) is 17.9.